The van der Waals surface area contributed by atoms with Gasteiger partial charge in [-0.15, -0.1) is 0 Å². The van der Waals surface area contributed by atoms with E-state index in [0.717, 1.165) is 31.5 Å². The molecule has 0 bridgehead atoms. The second-order valence-electron chi connectivity index (χ2n) is 6.36. The van der Waals surface area contributed by atoms with Crippen molar-refractivity contribution in [3.05, 3.63) is 35.9 Å². The van der Waals surface area contributed by atoms with E-state index in [4.69, 9.17) is 4.74 Å². The highest BCUT2D eigenvalue weighted by Crippen LogP contribution is 2.30. The van der Waals surface area contributed by atoms with Gasteiger partial charge in [-0.2, -0.15) is 0 Å². The average Bonchev–Trinajstić information content (AvgIpc) is 2.52. The number of hydrogen-bond acceptors (Lipinski definition) is 3. The summed E-state index contributed by atoms with van der Waals surface area (Å²) in [5.74, 6) is -0.0860. The molecule has 1 N–H and O–H groups in total. The SMILES string of the molecule is CC1(Cc2ccccc2)OC(F)CN(C2CCNCC2)C1=O. The van der Waals surface area contributed by atoms with Crippen LogP contribution in [0.2, 0.25) is 0 Å². The highest BCUT2D eigenvalue weighted by molar-refractivity contribution is 5.86. The number of rotatable bonds is 3. The van der Waals surface area contributed by atoms with Gasteiger partial charge in [-0.25, -0.2) is 4.39 Å². The molecule has 2 aliphatic heterocycles. The van der Waals surface area contributed by atoms with Crippen LogP contribution in [0.1, 0.15) is 25.3 Å². The number of carbonyl (C=O) groups excluding carboxylic acids is 1. The summed E-state index contributed by atoms with van der Waals surface area (Å²) in [7, 11) is 0. The van der Waals surface area contributed by atoms with E-state index >= 15 is 0 Å². The molecule has 120 valence electrons. The predicted molar refractivity (Wildman–Crippen MR) is 82.1 cm³/mol. The number of nitrogens with zero attached hydrogens (tertiary/aromatic N) is 1. The molecule has 0 aromatic heterocycles. The molecule has 1 amide bonds. The summed E-state index contributed by atoms with van der Waals surface area (Å²) < 4.78 is 19.6. The molecular formula is C17H23FN2O2. The van der Waals surface area contributed by atoms with Crippen molar-refractivity contribution in [3.63, 3.8) is 0 Å². The summed E-state index contributed by atoms with van der Waals surface area (Å²) in [5, 5.41) is 3.28. The maximum atomic E-state index is 14.1. The lowest BCUT2D eigenvalue weighted by Gasteiger charge is -2.45. The zero-order valence-electron chi connectivity index (χ0n) is 12.9. The summed E-state index contributed by atoms with van der Waals surface area (Å²) in [6.07, 6.45) is 0.732. The van der Waals surface area contributed by atoms with Crippen LogP contribution in [0, 0.1) is 0 Å². The van der Waals surface area contributed by atoms with E-state index in [1.54, 1.807) is 11.8 Å². The summed E-state index contributed by atoms with van der Waals surface area (Å²) >= 11 is 0. The molecule has 2 fully saturated rings. The predicted octanol–water partition coefficient (Wildman–Crippen LogP) is 1.89. The molecule has 0 spiro atoms. The van der Waals surface area contributed by atoms with Crippen LogP contribution in [-0.2, 0) is 16.0 Å². The first-order valence-electron chi connectivity index (χ1n) is 7.96. The van der Waals surface area contributed by atoms with Gasteiger partial charge in [0.15, 0.2) is 5.60 Å². The van der Waals surface area contributed by atoms with Crippen molar-refractivity contribution in [2.75, 3.05) is 19.6 Å². The van der Waals surface area contributed by atoms with Gasteiger partial charge in [0.25, 0.3) is 5.91 Å². The maximum absolute atomic E-state index is 14.1. The van der Waals surface area contributed by atoms with Crippen molar-refractivity contribution in [3.8, 4) is 0 Å². The molecule has 1 aromatic carbocycles. The Morgan fingerprint density at radius 1 is 1.32 bits per heavy atom. The van der Waals surface area contributed by atoms with Crippen LogP contribution in [-0.4, -0.2) is 48.4 Å². The van der Waals surface area contributed by atoms with Crippen LogP contribution in [0.3, 0.4) is 0 Å². The summed E-state index contributed by atoms with van der Waals surface area (Å²) in [6, 6.07) is 9.77. The lowest BCUT2D eigenvalue weighted by molar-refractivity contribution is -0.209. The first kappa shape index (κ1) is 15.4. The molecule has 5 heteroatoms. The quantitative estimate of drug-likeness (QED) is 0.927. The molecule has 3 rings (SSSR count). The van der Waals surface area contributed by atoms with E-state index in [-0.39, 0.29) is 18.5 Å². The van der Waals surface area contributed by atoms with Crippen molar-refractivity contribution in [2.24, 2.45) is 0 Å². The van der Waals surface area contributed by atoms with E-state index in [9.17, 15) is 9.18 Å². The van der Waals surface area contributed by atoms with Crippen LogP contribution in [0.4, 0.5) is 4.39 Å². The minimum absolute atomic E-state index is 0.0495. The highest BCUT2D eigenvalue weighted by atomic mass is 19.1. The Labute approximate surface area is 130 Å². The van der Waals surface area contributed by atoms with Crippen LogP contribution in [0.25, 0.3) is 0 Å². The van der Waals surface area contributed by atoms with Crippen molar-refractivity contribution < 1.29 is 13.9 Å². The molecule has 2 atom stereocenters. The lowest BCUT2D eigenvalue weighted by Crippen LogP contribution is -2.62. The third kappa shape index (κ3) is 3.15. The van der Waals surface area contributed by atoms with Crippen molar-refractivity contribution in [2.45, 2.75) is 44.2 Å². The summed E-state index contributed by atoms with van der Waals surface area (Å²) in [5.41, 5.74) is -0.137. The number of nitrogens with one attached hydrogen (secondary N) is 1. The number of halogens is 1. The molecule has 2 heterocycles. The molecule has 0 radical (unpaired) electrons. The number of carbonyl (C=O) groups is 1. The smallest absolute Gasteiger partial charge is 0.255 e. The minimum Gasteiger partial charge on any atom is -0.332 e. The Morgan fingerprint density at radius 3 is 2.68 bits per heavy atom. The highest BCUT2D eigenvalue weighted by Gasteiger charge is 2.47. The minimum atomic E-state index is -1.42. The number of alkyl halides is 1. The third-order valence-electron chi connectivity index (χ3n) is 4.58. The Kier molecular flexibility index (Phi) is 4.45. The number of amides is 1. The van der Waals surface area contributed by atoms with E-state index in [2.05, 4.69) is 5.32 Å². The Hall–Kier alpha value is -1.46. The van der Waals surface area contributed by atoms with Crippen LogP contribution >= 0.6 is 0 Å². The summed E-state index contributed by atoms with van der Waals surface area (Å²) in [6.45, 7) is 3.51. The first-order valence-corrected chi connectivity index (χ1v) is 7.96. The molecule has 4 nitrogen and oxygen atoms in total. The van der Waals surface area contributed by atoms with E-state index in [1.807, 2.05) is 30.3 Å². The van der Waals surface area contributed by atoms with Gasteiger partial charge in [-0.1, -0.05) is 30.3 Å². The number of piperidine rings is 1. The average molecular weight is 306 g/mol. The zero-order chi connectivity index (χ0) is 15.6. The maximum Gasteiger partial charge on any atom is 0.255 e. The van der Waals surface area contributed by atoms with Crippen LogP contribution in [0.5, 0.6) is 0 Å². The van der Waals surface area contributed by atoms with Crippen LogP contribution in [0.15, 0.2) is 30.3 Å². The monoisotopic (exact) mass is 306 g/mol. The Balaban J connectivity index is 1.79. The van der Waals surface area contributed by atoms with E-state index in [0.29, 0.717) is 6.42 Å². The fraction of sp³-hybridized carbons (Fsp3) is 0.588. The standard InChI is InChI=1S/C17H23FN2O2/c1-17(11-13-5-3-2-4-6-13)16(21)20(12-15(18)22-17)14-7-9-19-10-8-14/h2-6,14-15,19H,7-12H2,1H3. The molecule has 2 aliphatic rings. The second-order valence-corrected chi connectivity index (χ2v) is 6.36. The molecule has 0 aliphatic carbocycles. The largest absolute Gasteiger partial charge is 0.332 e. The van der Waals surface area contributed by atoms with Gasteiger partial charge in [-0.3, -0.25) is 4.79 Å². The van der Waals surface area contributed by atoms with Gasteiger partial charge in [0.05, 0.1) is 6.54 Å². The molecule has 2 saturated heterocycles. The molecule has 0 saturated carbocycles. The van der Waals surface area contributed by atoms with Gasteiger partial charge >= 0.3 is 0 Å². The van der Waals surface area contributed by atoms with Gasteiger partial charge in [0.1, 0.15) is 0 Å². The fourth-order valence-corrected chi connectivity index (χ4v) is 3.45. The summed E-state index contributed by atoms with van der Waals surface area (Å²) in [4.78, 5) is 14.6. The Morgan fingerprint density at radius 2 is 2.00 bits per heavy atom. The number of ether oxygens (including phenoxy) is 1. The van der Waals surface area contributed by atoms with Crippen LogP contribution < -0.4 is 5.32 Å². The second kappa shape index (κ2) is 6.34. The number of benzene rings is 1. The van der Waals surface area contributed by atoms with Gasteiger partial charge in [0.2, 0.25) is 6.36 Å². The fourth-order valence-electron chi connectivity index (χ4n) is 3.45. The normalized spacial score (nSPS) is 30.5. The number of morpholine rings is 1. The number of hydrogen-bond donors (Lipinski definition) is 1. The topological polar surface area (TPSA) is 41.6 Å². The van der Waals surface area contributed by atoms with Gasteiger partial charge in [0, 0.05) is 12.5 Å². The molecule has 1 aromatic rings. The van der Waals surface area contributed by atoms with Gasteiger partial charge in [-0.05, 0) is 38.4 Å². The zero-order valence-corrected chi connectivity index (χ0v) is 12.9. The van der Waals surface area contributed by atoms with E-state index < -0.39 is 12.0 Å². The van der Waals surface area contributed by atoms with Crippen molar-refractivity contribution in [1.82, 2.24) is 10.2 Å². The van der Waals surface area contributed by atoms with Gasteiger partial charge < -0.3 is 15.0 Å². The third-order valence-corrected chi connectivity index (χ3v) is 4.58. The molecule has 22 heavy (non-hydrogen) atoms. The van der Waals surface area contributed by atoms with Crippen molar-refractivity contribution in [1.29, 1.82) is 0 Å². The Bertz CT molecular complexity index is 519. The van der Waals surface area contributed by atoms with E-state index in [1.165, 1.54) is 0 Å². The van der Waals surface area contributed by atoms with Crippen molar-refractivity contribution >= 4 is 5.91 Å². The first-order chi connectivity index (χ1) is 10.6. The lowest BCUT2D eigenvalue weighted by atomic mass is 9.91. The molecular weight excluding hydrogens is 283 g/mol. The molecule has 2 unspecified atom stereocenters.